The second kappa shape index (κ2) is 9.98. The fraction of sp³-hybridized carbons (Fsp3) is 0.333. The number of aromatic nitrogens is 1. The van der Waals surface area contributed by atoms with Crippen molar-refractivity contribution in [3.63, 3.8) is 0 Å². The molecule has 9 heteroatoms. The smallest absolute Gasteiger partial charge is 0.259 e. The largest absolute Gasteiger partial charge is 0.451 e. The molecule has 0 saturated carbocycles. The van der Waals surface area contributed by atoms with Gasteiger partial charge in [0.2, 0.25) is 5.43 Å². The van der Waals surface area contributed by atoms with E-state index in [1.54, 1.807) is 11.1 Å². The van der Waals surface area contributed by atoms with Gasteiger partial charge < -0.3 is 28.7 Å². The highest BCUT2D eigenvalue weighted by atomic mass is 19.1. The number of nitrogens with zero attached hydrogens (tertiary/aromatic N) is 4. The SMILES string of the molecule is CN(C)CCCN(C)c1c(F)cc2c(=O)c(C(=O)N3CCOCC3)cn3c2c1Oc1ccc2ccccc2c1-3. The predicted octanol–water partition coefficient (Wildman–Crippen LogP) is 4.25. The van der Waals surface area contributed by atoms with Gasteiger partial charge in [0.15, 0.2) is 17.3 Å². The molecule has 0 unspecified atom stereocenters. The first-order chi connectivity index (χ1) is 18.8. The zero-order chi connectivity index (χ0) is 27.3. The van der Waals surface area contributed by atoms with Crippen molar-refractivity contribution in [3.8, 4) is 17.2 Å². The molecule has 3 aromatic carbocycles. The van der Waals surface area contributed by atoms with Gasteiger partial charge in [0.05, 0.1) is 24.3 Å². The Morgan fingerprint density at radius 1 is 1.03 bits per heavy atom. The van der Waals surface area contributed by atoms with E-state index in [1.807, 2.05) is 67.0 Å². The summed E-state index contributed by atoms with van der Waals surface area (Å²) in [7, 11) is 5.83. The van der Waals surface area contributed by atoms with Crippen molar-refractivity contribution < 1.29 is 18.7 Å². The molecule has 6 rings (SSSR count). The Morgan fingerprint density at radius 2 is 1.79 bits per heavy atom. The van der Waals surface area contributed by atoms with Crippen LogP contribution in [0.3, 0.4) is 0 Å². The highest BCUT2D eigenvalue weighted by molar-refractivity contribution is 6.04. The first-order valence-electron chi connectivity index (χ1n) is 13.2. The number of amides is 1. The second-order valence-corrected chi connectivity index (χ2v) is 10.4. The number of pyridine rings is 1. The number of carbonyl (C=O) groups is 1. The highest BCUT2D eigenvalue weighted by Crippen LogP contribution is 2.48. The van der Waals surface area contributed by atoms with E-state index in [2.05, 4.69) is 4.90 Å². The third-order valence-electron chi connectivity index (χ3n) is 7.50. The number of ether oxygens (including phenoxy) is 2. The highest BCUT2D eigenvalue weighted by Gasteiger charge is 2.32. The van der Waals surface area contributed by atoms with E-state index in [4.69, 9.17) is 9.47 Å². The molecule has 8 nitrogen and oxygen atoms in total. The molecule has 0 aliphatic carbocycles. The van der Waals surface area contributed by atoms with E-state index >= 15 is 4.39 Å². The molecular weight excluding hydrogens is 499 g/mol. The van der Waals surface area contributed by atoms with Gasteiger partial charge in [0.1, 0.15) is 16.8 Å². The third kappa shape index (κ3) is 4.31. The Labute approximate surface area is 225 Å². The van der Waals surface area contributed by atoms with Gasteiger partial charge in [-0.25, -0.2) is 4.39 Å². The molecule has 3 heterocycles. The average molecular weight is 531 g/mol. The summed E-state index contributed by atoms with van der Waals surface area (Å²) in [5.41, 5.74) is 0.961. The van der Waals surface area contributed by atoms with Crippen molar-refractivity contribution in [1.82, 2.24) is 14.4 Å². The molecule has 0 atom stereocenters. The molecule has 1 aromatic heterocycles. The third-order valence-corrected chi connectivity index (χ3v) is 7.50. The van der Waals surface area contributed by atoms with Crippen LogP contribution in [-0.4, -0.2) is 80.8 Å². The topological polar surface area (TPSA) is 67.2 Å². The van der Waals surface area contributed by atoms with Gasteiger partial charge >= 0.3 is 0 Å². The van der Waals surface area contributed by atoms with Gasteiger partial charge in [-0.15, -0.1) is 0 Å². The van der Waals surface area contributed by atoms with Crippen LogP contribution in [0.5, 0.6) is 11.5 Å². The monoisotopic (exact) mass is 530 g/mol. The number of hydrogen-bond acceptors (Lipinski definition) is 6. The molecular formula is C30H31FN4O4. The van der Waals surface area contributed by atoms with Crippen LogP contribution in [0.2, 0.25) is 0 Å². The van der Waals surface area contributed by atoms with E-state index in [0.717, 1.165) is 29.4 Å². The number of halogens is 1. The number of benzene rings is 3. The first-order valence-corrected chi connectivity index (χ1v) is 13.2. The van der Waals surface area contributed by atoms with E-state index in [-0.39, 0.29) is 22.6 Å². The fourth-order valence-electron chi connectivity index (χ4n) is 5.55. The number of morpholine rings is 1. The number of hydrogen-bond donors (Lipinski definition) is 0. The predicted molar refractivity (Wildman–Crippen MR) is 150 cm³/mol. The Bertz CT molecular complexity index is 1660. The maximum Gasteiger partial charge on any atom is 0.259 e. The molecule has 0 radical (unpaired) electrons. The maximum absolute atomic E-state index is 15.9. The van der Waals surface area contributed by atoms with E-state index in [0.29, 0.717) is 49.8 Å². The van der Waals surface area contributed by atoms with E-state index < -0.39 is 11.2 Å². The van der Waals surface area contributed by atoms with Crippen molar-refractivity contribution in [2.24, 2.45) is 0 Å². The zero-order valence-electron chi connectivity index (χ0n) is 22.4. The van der Waals surface area contributed by atoms with Crippen LogP contribution >= 0.6 is 0 Å². The summed E-state index contributed by atoms with van der Waals surface area (Å²) in [5, 5.41) is 2.01. The van der Waals surface area contributed by atoms with E-state index in [1.165, 1.54) is 6.07 Å². The van der Waals surface area contributed by atoms with Gasteiger partial charge in [-0.05, 0) is 44.6 Å². The zero-order valence-corrected chi connectivity index (χ0v) is 22.4. The molecule has 0 N–H and O–H groups in total. The minimum Gasteiger partial charge on any atom is -0.451 e. The molecule has 1 saturated heterocycles. The normalized spacial score (nSPS) is 14.5. The lowest BCUT2D eigenvalue weighted by molar-refractivity contribution is 0.0302. The second-order valence-electron chi connectivity index (χ2n) is 10.4. The molecule has 202 valence electrons. The summed E-state index contributed by atoms with van der Waals surface area (Å²) in [6, 6.07) is 12.9. The lowest BCUT2D eigenvalue weighted by Gasteiger charge is -2.31. The first kappa shape index (κ1) is 25.3. The van der Waals surface area contributed by atoms with Crippen LogP contribution in [-0.2, 0) is 4.74 Å². The molecule has 2 aliphatic heterocycles. The van der Waals surface area contributed by atoms with Crippen molar-refractivity contribution in [2.75, 3.05) is 65.4 Å². The van der Waals surface area contributed by atoms with Crippen LogP contribution in [0.15, 0.2) is 53.5 Å². The van der Waals surface area contributed by atoms with Crippen LogP contribution in [0, 0.1) is 5.82 Å². The van der Waals surface area contributed by atoms with Crippen LogP contribution in [0.4, 0.5) is 10.1 Å². The van der Waals surface area contributed by atoms with Crippen molar-refractivity contribution >= 4 is 33.3 Å². The minimum atomic E-state index is -0.561. The summed E-state index contributed by atoms with van der Waals surface area (Å²) >= 11 is 0. The molecule has 4 aromatic rings. The summed E-state index contributed by atoms with van der Waals surface area (Å²) in [6.45, 7) is 3.07. The molecule has 1 amide bonds. The maximum atomic E-state index is 15.9. The molecule has 39 heavy (non-hydrogen) atoms. The molecule has 0 spiro atoms. The lowest BCUT2D eigenvalue weighted by Crippen LogP contribution is -2.42. The van der Waals surface area contributed by atoms with Crippen LogP contribution < -0.4 is 15.1 Å². The molecule has 0 bridgehead atoms. The summed E-state index contributed by atoms with van der Waals surface area (Å²) in [5.74, 6) is -0.130. The molecule has 2 aliphatic rings. The number of rotatable bonds is 6. The quantitative estimate of drug-likeness (QED) is 0.327. The minimum absolute atomic E-state index is 0.00243. The summed E-state index contributed by atoms with van der Waals surface area (Å²) in [6.07, 6.45) is 2.43. The summed E-state index contributed by atoms with van der Waals surface area (Å²) < 4.78 is 29.5. The van der Waals surface area contributed by atoms with Gasteiger partial charge in [-0.3, -0.25) is 9.59 Å². The lowest BCUT2D eigenvalue weighted by atomic mass is 10.0. The number of anilines is 1. The number of carbonyl (C=O) groups excluding carboxylic acids is 1. The van der Waals surface area contributed by atoms with Gasteiger partial charge in [0, 0.05) is 38.3 Å². The van der Waals surface area contributed by atoms with E-state index in [9.17, 15) is 9.59 Å². The van der Waals surface area contributed by atoms with Crippen molar-refractivity contribution in [3.05, 3.63) is 70.3 Å². The molecule has 1 fully saturated rings. The Balaban J connectivity index is 1.61. The average Bonchev–Trinajstić information content (AvgIpc) is 2.94. The van der Waals surface area contributed by atoms with Gasteiger partial charge in [-0.2, -0.15) is 0 Å². The van der Waals surface area contributed by atoms with Gasteiger partial charge in [-0.1, -0.05) is 30.3 Å². The summed E-state index contributed by atoms with van der Waals surface area (Å²) in [4.78, 5) is 32.9. The standard InChI is InChI=1S/C30H31FN4O4/c1-32(2)11-6-12-33(3)27-23(31)17-21-26-29(27)39-24-10-9-19-7-4-5-8-20(19)25(24)35(26)18-22(28(21)36)30(37)34-13-15-38-16-14-34/h4-5,7-10,17-18H,6,11-16H2,1-3H3. The van der Waals surface area contributed by atoms with Gasteiger partial charge in [0.25, 0.3) is 5.91 Å². The van der Waals surface area contributed by atoms with Crippen LogP contribution in [0.1, 0.15) is 16.8 Å². The fourth-order valence-corrected chi connectivity index (χ4v) is 5.55. The van der Waals surface area contributed by atoms with Crippen molar-refractivity contribution in [2.45, 2.75) is 6.42 Å². The van der Waals surface area contributed by atoms with Crippen LogP contribution in [0.25, 0.3) is 27.4 Å². The Morgan fingerprint density at radius 3 is 2.56 bits per heavy atom. The van der Waals surface area contributed by atoms with Crippen molar-refractivity contribution in [1.29, 1.82) is 0 Å². The number of fused-ring (bicyclic) bond motifs is 4. The Kier molecular flexibility index (Phi) is 6.48. The Hall–Kier alpha value is -3.95.